The minimum Gasteiger partial charge on any atom is -0.310 e. The molecule has 1 unspecified atom stereocenters. The second-order valence-electron chi connectivity index (χ2n) is 5.97. The van der Waals surface area contributed by atoms with E-state index in [2.05, 4.69) is 24.1 Å². The first-order valence-electron chi connectivity index (χ1n) is 7.90. The number of rotatable bonds is 6. The van der Waals surface area contributed by atoms with Gasteiger partial charge >= 0.3 is 0 Å². The molecule has 1 atom stereocenters. The van der Waals surface area contributed by atoms with E-state index in [0.717, 1.165) is 25.4 Å². The molecule has 1 aromatic carbocycles. The number of hydrogen-bond donors (Lipinski definition) is 1. The normalized spacial score (nSPS) is 19.1. The van der Waals surface area contributed by atoms with Gasteiger partial charge in [0.15, 0.2) is 0 Å². The molecule has 0 aliphatic carbocycles. The molecule has 1 N–H and O–H groups in total. The molecule has 0 saturated carbocycles. The predicted octanol–water partition coefficient (Wildman–Crippen LogP) is 3.60. The lowest BCUT2D eigenvalue weighted by atomic mass is 9.98. The smallest absolute Gasteiger partial charge is 0.123 e. The first-order valence-corrected chi connectivity index (χ1v) is 7.90. The maximum atomic E-state index is 13.0. The Morgan fingerprint density at radius 2 is 1.90 bits per heavy atom. The van der Waals surface area contributed by atoms with Gasteiger partial charge in [0.05, 0.1) is 0 Å². The summed E-state index contributed by atoms with van der Waals surface area (Å²) in [5.41, 5.74) is 1.19. The zero-order valence-corrected chi connectivity index (χ0v) is 12.7. The lowest BCUT2D eigenvalue weighted by molar-refractivity contribution is 0.184. The van der Waals surface area contributed by atoms with Crippen LogP contribution < -0.4 is 5.32 Å². The summed E-state index contributed by atoms with van der Waals surface area (Å²) < 4.78 is 13.0. The number of nitrogens with zero attached hydrogens (tertiary/aromatic N) is 1. The van der Waals surface area contributed by atoms with Crippen molar-refractivity contribution in [2.24, 2.45) is 5.92 Å². The van der Waals surface area contributed by atoms with E-state index in [1.807, 2.05) is 12.1 Å². The first kappa shape index (κ1) is 15.5. The largest absolute Gasteiger partial charge is 0.310 e. The first-order chi connectivity index (χ1) is 9.69. The lowest BCUT2D eigenvalue weighted by Gasteiger charge is -2.31. The number of hydrogen-bond acceptors (Lipinski definition) is 2. The summed E-state index contributed by atoms with van der Waals surface area (Å²) >= 11 is 0. The van der Waals surface area contributed by atoms with E-state index in [1.54, 1.807) is 12.1 Å². The average molecular weight is 278 g/mol. The Morgan fingerprint density at radius 1 is 1.25 bits per heavy atom. The van der Waals surface area contributed by atoms with Crippen LogP contribution in [0.15, 0.2) is 24.3 Å². The van der Waals surface area contributed by atoms with Crippen molar-refractivity contribution in [3.8, 4) is 0 Å². The Labute approximate surface area is 122 Å². The van der Waals surface area contributed by atoms with Crippen molar-refractivity contribution in [1.82, 2.24) is 10.2 Å². The molecule has 112 valence electrons. The molecule has 20 heavy (non-hydrogen) atoms. The zero-order chi connectivity index (χ0) is 14.4. The van der Waals surface area contributed by atoms with Gasteiger partial charge in [0.25, 0.3) is 0 Å². The van der Waals surface area contributed by atoms with Gasteiger partial charge < -0.3 is 10.2 Å². The second kappa shape index (κ2) is 7.75. The van der Waals surface area contributed by atoms with E-state index in [0.29, 0.717) is 6.04 Å². The van der Waals surface area contributed by atoms with Crippen LogP contribution in [-0.2, 0) is 0 Å². The van der Waals surface area contributed by atoms with Crippen molar-refractivity contribution in [3.63, 3.8) is 0 Å². The van der Waals surface area contributed by atoms with Gasteiger partial charge in [-0.1, -0.05) is 26.0 Å². The fraction of sp³-hybridized carbons (Fsp3) is 0.647. The van der Waals surface area contributed by atoms with Crippen molar-refractivity contribution in [2.45, 2.75) is 39.2 Å². The van der Waals surface area contributed by atoms with Gasteiger partial charge in [0, 0.05) is 6.04 Å². The maximum Gasteiger partial charge on any atom is 0.123 e. The quantitative estimate of drug-likeness (QED) is 0.855. The maximum absolute atomic E-state index is 13.0. The molecule has 1 aliphatic rings. The average Bonchev–Trinajstić information content (AvgIpc) is 2.46. The van der Waals surface area contributed by atoms with Gasteiger partial charge in [-0.2, -0.15) is 0 Å². The molecule has 0 spiro atoms. The molecular weight excluding hydrogens is 251 g/mol. The minimum atomic E-state index is -0.158. The van der Waals surface area contributed by atoms with Gasteiger partial charge in [-0.25, -0.2) is 4.39 Å². The van der Waals surface area contributed by atoms with Gasteiger partial charge in [-0.3, -0.25) is 0 Å². The SMILES string of the molecule is CCNC(CCN1CCC(C)CC1)c1ccc(F)cc1. The van der Waals surface area contributed by atoms with E-state index < -0.39 is 0 Å². The second-order valence-corrected chi connectivity index (χ2v) is 5.97. The van der Waals surface area contributed by atoms with E-state index in [1.165, 1.54) is 31.5 Å². The lowest BCUT2D eigenvalue weighted by Crippen LogP contribution is -2.35. The number of nitrogens with one attached hydrogen (secondary N) is 1. The van der Waals surface area contributed by atoms with Crippen LogP contribution >= 0.6 is 0 Å². The molecule has 1 saturated heterocycles. The van der Waals surface area contributed by atoms with Crippen LogP contribution in [0, 0.1) is 11.7 Å². The summed E-state index contributed by atoms with van der Waals surface area (Å²) in [5.74, 6) is 0.724. The predicted molar refractivity (Wildman–Crippen MR) is 82.3 cm³/mol. The highest BCUT2D eigenvalue weighted by Crippen LogP contribution is 2.20. The highest BCUT2D eigenvalue weighted by molar-refractivity contribution is 5.19. The molecule has 1 fully saturated rings. The van der Waals surface area contributed by atoms with E-state index in [4.69, 9.17) is 0 Å². The standard InChI is InChI=1S/C17H27FN2/c1-3-19-17(15-4-6-16(18)7-5-15)10-13-20-11-8-14(2)9-12-20/h4-7,14,17,19H,3,8-13H2,1-2H3. The Balaban J connectivity index is 1.87. The molecule has 2 nitrogen and oxygen atoms in total. The Morgan fingerprint density at radius 3 is 2.50 bits per heavy atom. The molecule has 3 heteroatoms. The highest BCUT2D eigenvalue weighted by atomic mass is 19.1. The molecule has 2 rings (SSSR count). The van der Waals surface area contributed by atoms with Crippen LogP contribution in [0.1, 0.15) is 44.7 Å². The van der Waals surface area contributed by atoms with Gasteiger partial charge in [-0.15, -0.1) is 0 Å². The van der Waals surface area contributed by atoms with Crippen molar-refractivity contribution >= 4 is 0 Å². The van der Waals surface area contributed by atoms with Gasteiger partial charge in [-0.05, 0) is 69.1 Å². The fourth-order valence-electron chi connectivity index (χ4n) is 2.93. The van der Waals surface area contributed by atoms with Crippen LogP contribution in [0.3, 0.4) is 0 Å². The Kier molecular flexibility index (Phi) is 5.99. The molecule has 0 amide bonds. The summed E-state index contributed by atoms with van der Waals surface area (Å²) in [6, 6.07) is 7.26. The molecular formula is C17H27FN2. The van der Waals surface area contributed by atoms with Gasteiger partial charge in [0.2, 0.25) is 0 Å². The van der Waals surface area contributed by atoms with Crippen molar-refractivity contribution in [3.05, 3.63) is 35.6 Å². The number of piperidine rings is 1. The number of halogens is 1. The van der Waals surface area contributed by atoms with Crippen LogP contribution in [0.5, 0.6) is 0 Å². The zero-order valence-electron chi connectivity index (χ0n) is 12.7. The summed E-state index contributed by atoms with van der Waals surface area (Å²) in [5, 5.41) is 3.52. The van der Waals surface area contributed by atoms with Crippen molar-refractivity contribution in [1.29, 1.82) is 0 Å². The fourth-order valence-corrected chi connectivity index (χ4v) is 2.93. The minimum absolute atomic E-state index is 0.158. The van der Waals surface area contributed by atoms with Crippen molar-refractivity contribution < 1.29 is 4.39 Å². The van der Waals surface area contributed by atoms with Crippen LogP contribution in [-0.4, -0.2) is 31.1 Å². The van der Waals surface area contributed by atoms with Gasteiger partial charge in [0.1, 0.15) is 5.82 Å². The van der Waals surface area contributed by atoms with Crippen LogP contribution in [0.4, 0.5) is 4.39 Å². The number of benzene rings is 1. The highest BCUT2D eigenvalue weighted by Gasteiger charge is 2.17. The molecule has 1 aliphatic heterocycles. The topological polar surface area (TPSA) is 15.3 Å². The molecule has 0 aromatic heterocycles. The summed E-state index contributed by atoms with van der Waals surface area (Å²) in [6.45, 7) is 8.99. The third kappa shape index (κ3) is 4.57. The monoisotopic (exact) mass is 278 g/mol. The molecule has 0 radical (unpaired) electrons. The van der Waals surface area contributed by atoms with E-state index in [-0.39, 0.29) is 5.82 Å². The Hall–Kier alpha value is -0.930. The molecule has 0 bridgehead atoms. The third-order valence-electron chi connectivity index (χ3n) is 4.33. The van der Waals surface area contributed by atoms with Crippen LogP contribution in [0.25, 0.3) is 0 Å². The summed E-state index contributed by atoms with van der Waals surface area (Å²) in [7, 11) is 0. The van der Waals surface area contributed by atoms with E-state index in [9.17, 15) is 4.39 Å². The van der Waals surface area contributed by atoms with Crippen molar-refractivity contribution in [2.75, 3.05) is 26.2 Å². The van der Waals surface area contributed by atoms with E-state index >= 15 is 0 Å². The summed E-state index contributed by atoms with van der Waals surface area (Å²) in [4.78, 5) is 2.56. The molecule has 1 heterocycles. The number of likely N-dealkylation sites (tertiary alicyclic amines) is 1. The Bertz CT molecular complexity index is 382. The van der Waals surface area contributed by atoms with Crippen LogP contribution in [0.2, 0.25) is 0 Å². The summed E-state index contributed by atoms with van der Waals surface area (Å²) in [6.07, 6.45) is 3.73. The third-order valence-corrected chi connectivity index (χ3v) is 4.33. The molecule has 1 aromatic rings.